The number of aliphatic hydroxyl groups is 1. The lowest BCUT2D eigenvalue weighted by Crippen LogP contribution is -2.50. The number of carbonyl (C=O) groups excluding carboxylic acids is 3. The fourth-order valence-electron chi connectivity index (χ4n) is 7.02. The monoisotopic (exact) mass is 712 g/mol. The predicted molar refractivity (Wildman–Crippen MR) is 169 cm³/mol. The van der Waals surface area contributed by atoms with Gasteiger partial charge in [0.2, 0.25) is 5.78 Å². The zero-order valence-corrected chi connectivity index (χ0v) is 28.2. The Balaban J connectivity index is 1.38. The standard InChI is InChI=1S/C31H35Cl2N2O11P/c1-14-30-18(34-47(42,46-30)35(9-7-32)10-8-33)11-21(44-14)45-20-13-31(41,15(2)36)12-17-23(20)29(40)25-24(27(17)38)26(37)16-5-4-6-19(43-3)22(16)28(25)39/h4-6,14,18,20-21,30,38,40-41H,7-13H2,1-3H3,(H,34,42)/t14-,18-,20-,21-,30+,31-,47-/m0/s1. The smallest absolute Gasteiger partial charge is 0.344 e. The van der Waals surface area contributed by atoms with E-state index in [0.717, 1.165) is 0 Å². The molecule has 0 amide bonds. The highest BCUT2D eigenvalue weighted by atomic mass is 35.5. The molecule has 2 fully saturated rings. The second kappa shape index (κ2) is 12.7. The van der Waals surface area contributed by atoms with Crippen molar-refractivity contribution >= 4 is 48.2 Å². The molecule has 2 aliphatic carbocycles. The number of fused-ring (bicyclic) bond motifs is 4. The van der Waals surface area contributed by atoms with Crippen LogP contribution in [-0.2, 0) is 29.8 Å². The van der Waals surface area contributed by atoms with Gasteiger partial charge in [-0.1, -0.05) is 12.1 Å². The third-order valence-electron chi connectivity index (χ3n) is 9.37. The molecule has 2 saturated heterocycles. The minimum absolute atomic E-state index is 0.0275. The maximum absolute atomic E-state index is 13.9. The molecule has 2 heterocycles. The maximum Gasteiger partial charge on any atom is 0.344 e. The molecule has 0 aromatic heterocycles. The summed E-state index contributed by atoms with van der Waals surface area (Å²) in [6, 6.07) is 3.93. The van der Waals surface area contributed by atoms with Crippen molar-refractivity contribution < 1.29 is 53.0 Å². The third-order valence-corrected chi connectivity index (χ3v) is 12.0. The van der Waals surface area contributed by atoms with E-state index in [-0.39, 0.29) is 65.7 Å². The Bertz CT molecular complexity index is 1700. The number of halogens is 2. The summed E-state index contributed by atoms with van der Waals surface area (Å²) < 4.78 is 39.1. The Hall–Kier alpha value is -2.58. The molecule has 0 bridgehead atoms. The number of ether oxygens (including phenoxy) is 3. The van der Waals surface area contributed by atoms with E-state index in [1.165, 1.54) is 32.2 Å². The number of benzene rings is 2. The molecule has 16 heteroatoms. The van der Waals surface area contributed by atoms with Crippen LogP contribution >= 0.6 is 30.9 Å². The number of hydrogen-bond donors (Lipinski definition) is 4. The first kappa shape index (κ1) is 34.3. The normalized spacial score (nSPS) is 31.3. The highest BCUT2D eigenvalue weighted by Crippen LogP contribution is 2.57. The topological polar surface area (TPSA) is 181 Å². The molecule has 2 aromatic carbocycles. The summed E-state index contributed by atoms with van der Waals surface area (Å²) >= 11 is 11.9. The van der Waals surface area contributed by atoms with Gasteiger partial charge in [0.15, 0.2) is 17.9 Å². The van der Waals surface area contributed by atoms with Crippen LogP contribution in [0.15, 0.2) is 18.2 Å². The van der Waals surface area contributed by atoms with E-state index in [0.29, 0.717) is 0 Å². The van der Waals surface area contributed by atoms with E-state index >= 15 is 0 Å². The average Bonchev–Trinajstić information content (AvgIpc) is 3.38. The molecule has 0 saturated carbocycles. The fourth-order valence-corrected chi connectivity index (χ4v) is 10.1. The van der Waals surface area contributed by atoms with Crippen LogP contribution in [0, 0.1) is 0 Å². The summed E-state index contributed by atoms with van der Waals surface area (Å²) in [5.41, 5.74) is -3.18. The van der Waals surface area contributed by atoms with E-state index in [4.69, 9.17) is 41.9 Å². The summed E-state index contributed by atoms with van der Waals surface area (Å²) in [6.07, 6.45) is -4.27. The summed E-state index contributed by atoms with van der Waals surface area (Å²) in [6.45, 7) is 3.43. The summed E-state index contributed by atoms with van der Waals surface area (Å²) in [4.78, 5) is 40.3. The van der Waals surface area contributed by atoms with Crippen LogP contribution in [-0.4, -0.2) is 99.4 Å². The van der Waals surface area contributed by atoms with Gasteiger partial charge in [-0.05, 0) is 19.9 Å². The number of nitrogens with one attached hydrogen (secondary N) is 1. The number of phenols is 2. The Morgan fingerprint density at radius 2 is 1.81 bits per heavy atom. The third kappa shape index (κ3) is 5.59. The lowest BCUT2D eigenvalue weighted by molar-refractivity contribution is -0.241. The van der Waals surface area contributed by atoms with Gasteiger partial charge in [-0.3, -0.25) is 23.5 Å². The largest absolute Gasteiger partial charge is 0.507 e. The quantitative estimate of drug-likeness (QED) is 0.144. The van der Waals surface area contributed by atoms with Crippen LogP contribution < -0.4 is 9.82 Å². The van der Waals surface area contributed by atoms with Gasteiger partial charge in [-0.2, -0.15) is 0 Å². The summed E-state index contributed by atoms with van der Waals surface area (Å²) in [5, 5.41) is 37.8. The van der Waals surface area contributed by atoms with Crippen LogP contribution in [0.5, 0.6) is 17.2 Å². The molecule has 4 aliphatic rings. The van der Waals surface area contributed by atoms with Crippen LogP contribution in [0.25, 0.3) is 0 Å². The Kier molecular flexibility index (Phi) is 9.27. The van der Waals surface area contributed by atoms with E-state index < -0.39 is 90.3 Å². The number of alkyl halides is 2. The SMILES string of the molecule is COc1cccc2c1C(=O)c1c(O)c3c(c(O)c1C2=O)C[C@@](O)(C(C)=O)C[C@@H]3O[C@H]1C[C@@H]2N[P@@](=O)(N(CCCl)CCCl)O[C@@H]2[C@H](C)O1. The van der Waals surface area contributed by atoms with Gasteiger partial charge in [0.05, 0.1) is 42.0 Å². The minimum Gasteiger partial charge on any atom is -0.507 e. The number of ketones is 3. The molecule has 7 atom stereocenters. The lowest BCUT2D eigenvalue weighted by atomic mass is 9.72. The molecule has 4 N–H and O–H groups in total. The number of phenolic OH excluding ortho intramolecular Hbond substituents is 2. The van der Waals surface area contributed by atoms with Crippen molar-refractivity contribution in [1.82, 2.24) is 9.76 Å². The van der Waals surface area contributed by atoms with Crippen molar-refractivity contribution in [2.75, 3.05) is 32.0 Å². The van der Waals surface area contributed by atoms with E-state index in [2.05, 4.69) is 5.09 Å². The first-order valence-electron chi connectivity index (χ1n) is 15.1. The van der Waals surface area contributed by atoms with Gasteiger partial charge >= 0.3 is 7.67 Å². The second-order valence-electron chi connectivity index (χ2n) is 12.1. The molecule has 47 heavy (non-hydrogen) atoms. The molecule has 13 nitrogen and oxygen atoms in total. The number of aromatic hydroxyl groups is 2. The van der Waals surface area contributed by atoms with E-state index in [1.54, 1.807) is 11.6 Å². The highest BCUT2D eigenvalue weighted by molar-refractivity contribution is 7.54. The second-order valence-corrected chi connectivity index (χ2v) is 15.0. The first-order chi connectivity index (χ1) is 22.3. The summed E-state index contributed by atoms with van der Waals surface area (Å²) in [7, 11) is -2.21. The molecule has 6 rings (SSSR count). The van der Waals surface area contributed by atoms with Gasteiger partial charge < -0.3 is 29.5 Å². The number of hydrogen-bond acceptors (Lipinski definition) is 11. The van der Waals surface area contributed by atoms with Crippen LogP contribution in [0.3, 0.4) is 0 Å². The van der Waals surface area contributed by atoms with Crippen molar-refractivity contribution in [3.63, 3.8) is 0 Å². The maximum atomic E-state index is 13.9. The zero-order chi connectivity index (χ0) is 34.0. The molecule has 0 unspecified atom stereocenters. The van der Waals surface area contributed by atoms with E-state index in [9.17, 15) is 34.3 Å². The van der Waals surface area contributed by atoms with Crippen molar-refractivity contribution in [1.29, 1.82) is 0 Å². The number of nitrogens with zero attached hydrogens (tertiary/aromatic N) is 1. The zero-order valence-electron chi connectivity index (χ0n) is 25.8. The average molecular weight is 714 g/mol. The minimum atomic E-state index is -3.54. The lowest BCUT2D eigenvalue weighted by Gasteiger charge is -2.41. The molecular weight excluding hydrogens is 678 g/mol. The first-order valence-corrected chi connectivity index (χ1v) is 17.8. The number of Topliss-reactive ketones (excluding diaryl/α,β-unsaturated/α-hetero) is 1. The molecular formula is C31H35Cl2N2O11P. The number of methoxy groups -OCH3 is 1. The van der Waals surface area contributed by atoms with Gasteiger partial charge in [-0.25, -0.2) is 9.76 Å². The van der Waals surface area contributed by atoms with Crippen molar-refractivity contribution in [3.05, 3.63) is 51.6 Å². The Morgan fingerprint density at radius 1 is 1.13 bits per heavy atom. The van der Waals surface area contributed by atoms with Crippen LogP contribution in [0.2, 0.25) is 0 Å². The number of carbonyl (C=O) groups is 3. The molecule has 254 valence electrons. The van der Waals surface area contributed by atoms with Crippen LogP contribution in [0.4, 0.5) is 0 Å². The van der Waals surface area contributed by atoms with Gasteiger partial charge in [-0.15, -0.1) is 23.2 Å². The number of rotatable bonds is 9. The molecule has 0 spiro atoms. The molecule has 0 radical (unpaired) electrons. The summed E-state index contributed by atoms with van der Waals surface area (Å²) in [5.74, 6) is -2.86. The Labute approximate surface area is 280 Å². The molecule has 2 aromatic rings. The fraction of sp³-hybridized carbons (Fsp3) is 0.516. The van der Waals surface area contributed by atoms with Gasteiger partial charge in [0.25, 0.3) is 0 Å². The Morgan fingerprint density at radius 3 is 2.45 bits per heavy atom. The van der Waals surface area contributed by atoms with Gasteiger partial charge in [0.1, 0.15) is 29.0 Å². The van der Waals surface area contributed by atoms with Crippen molar-refractivity contribution in [3.8, 4) is 17.2 Å². The van der Waals surface area contributed by atoms with Gasteiger partial charge in [0, 0.05) is 60.8 Å². The van der Waals surface area contributed by atoms with Crippen LogP contribution in [0.1, 0.15) is 75.8 Å². The van der Waals surface area contributed by atoms with Crippen molar-refractivity contribution in [2.45, 2.75) is 69.4 Å². The van der Waals surface area contributed by atoms with E-state index in [1.807, 2.05) is 0 Å². The highest BCUT2D eigenvalue weighted by Gasteiger charge is 2.54. The van der Waals surface area contributed by atoms with Crippen molar-refractivity contribution in [2.24, 2.45) is 0 Å². The predicted octanol–water partition coefficient (Wildman–Crippen LogP) is 3.59. The molecule has 2 aliphatic heterocycles.